The van der Waals surface area contributed by atoms with Gasteiger partial charge in [-0.25, -0.2) is 4.98 Å². The number of nitrogens with zero attached hydrogens (tertiary/aromatic N) is 1. The average molecular weight is 268 g/mol. The van der Waals surface area contributed by atoms with Crippen molar-refractivity contribution in [2.24, 2.45) is 0 Å². The summed E-state index contributed by atoms with van der Waals surface area (Å²) in [7, 11) is 0. The number of aromatic nitrogens is 1. The molecule has 0 saturated carbocycles. The Balaban J connectivity index is 1.50. The molecule has 3 aromatic rings. The van der Waals surface area contributed by atoms with E-state index >= 15 is 0 Å². The molecule has 0 fully saturated rings. The Morgan fingerprint density at radius 2 is 1.90 bits per heavy atom. The van der Waals surface area contributed by atoms with E-state index in [1.165, 1.54) is 0 Å². The molecule has 0 saturated heterocycles. The van der Waals surface area contributed by atoms with Gasteiger partial charge in [0.2, 0.25) is 5.89 Å². The first-order valence-corrected chi connectivity index (χ1v) is 6.65. The van der Waals surface area contributed by atoms with E-state index in [9.17, 15) is 0 Å². The van der Waals surface area contributed by atoms with Crippen LogP contribution in [0.4, 0.5) is 0 Å². The summed E-state index contributed by atoms with van der Waals surface area (Å²) in [6, 6.07) is 13.8. The molecule has 4 heteroatoms. The van der Waals surface area contributed by atoms with Crippen molar-refractivity contribution in [2.45, 2.75) is 13.0 Å². The molecule has 0 spiro atoms. The quantitative estimate of drug-likeness (QED) is 0.697. The number of nitrogens with one attached hydrogen (secondary N) is 1. The normalized spacial score (nSPS) is 10.8. The van der Waals surface area contributed by atoms with Gasteiger partial charge in [0.1, 0.15) is 12.0 Å². The molecule has 0 aliphatic carbocycles. The van der Waals surface area contributed by atoms with Crippen LogP contribution in [-0.4, -0.2) is 11.5 Å². The lowest BCUT2D eigenvalue weighted by atomic mass is 10.2. The molecule has 2 aromatic heterocycles. The summed E-state index contributed by atoms with van der Waals surface area (Å²) < 4.78 is 10.7. The molecule has 0 radical (unpaired) electrons. The molecule has 0 atom stereocenters. The number of hydrogen-bond acceptors (Lipinski definition) is 4. The van der Waals surface area contributed by atoms with Crippen LogP contribution >= 0.6 is 0 Å². The van der Waals surface area contributed by atoms with Crippen LogP contribution in [0.3, 0.4) is 0 Å². The predicted molar refractivity (Wildman–Crippen MR) is 76.1 cm³/mol. The van der Waals surface area contributed by atoms with E-state index in [1.807, 2.05) is 42.5 Å². The molecule has 102 valence electrons. The van der Waals surface area contributed by atoms with Crippen molar-refractivity contribution in [1.29, 1.82) is 0 Å². The number of furan rings is 1. The molecule has 0 amide bonds. The molecular weight excluding hydrogens is 252 g/mol. The van der Waals surface area contributed by atoms with Gasteiger partial charge < -0.3 is 14.2 Å². The Morgan fingerprint density at radius 1 is 1.00 bits per heavy atom. The first-order valence-electron chi connectivity index (χ1n) is 6.65. The third-order valence-electron chi connectivity index (χ3n) is 3.01. The van der Waals surface area contributed by atoms with E-state index < -0.39 is 0 Å². The molecule has 0 aliphatic rings. The van der Waals surface area contributed by atoms with Gasteiger partial charge in [0, 0.05) is 18.5 Å². The van der Waals surface area contributed by atoms with E-state index in [2.05, 4.69) is 10.3 Å². The molecule has 2 heterocycles. The van der Waals surface area contributed by atoms with Gasteiger partial charge in [-0.15, -0.1) is 0 Å². The van der Waals surface area contributed by atoms with Gasteiger partial charge in [0.15, 0.2) is 0 Å². The lowest BCUT2D eigenvalue weighted by molar-refractivity contribution is 0.483. The van der Waals surface area contributed by atoms with Crippen LogP contribution in [0.25, 0.3) is 11.5 Å². The maximum absolute atomic E-state index is 5.50. The third-order valence-corrected chi connectivity index (χ3v) is 3.01. The maximum atomic E-state index is 5.50. The third kappa shape index (κ3) is 3.16. The van der Waals surface area contributed by atoms with Gasteiger partial charge in [0.25, 0.3) is 0 Å². The molecule has 4 nitrogen and oxygen atoms in total. The van der Waals surface area contributed by atoms with Gasteiger partial charge >= 0.3 is 0 Å². The highest BCUT2D eigenvalue weighted by atomic mass is 16.3. The van der Waals surface area contributed by atoms with Gasteiger partial charge in [-0.05, 0) is 24.3 Å². The SMILES string of the molecule is c1ccc(-c2nc(CCNCc3ccco3)co2)cc1. The molecule has 1 N–H and O–H groups in total. The van der Waals surface area contributed by atoms with E-state index in [0.717, 1.165) is 36.5 Å². The summed E-state index contributed by atoms with van der Waals surface area (Å²) in [5.74, 6) is 1.61. The van der Waals surface area contributed by atoms with Gasteiger partial charge in [0.05, 0.1) is 18.5 Å². The molecule has 0 unspecified atom stereocenters. The van der Waals surface area contributed by atoms with Gasteiger partial charge in [-0.1, -0.05) is 18.2 Å². The minimum Gasteiger partial charge on any atom is -0.468 e. The van der Waals surface area contributed by atoms with Crippen molar-refractivity contribution in [3.63, 3.8) is 0 Å². The fourth-order valence-corrected chi connectivity index (χ4v) is 1.98. The summed E-state index contributed by atoms with van der Waals surface area (Å²) in [5, 5.41) is 3.31. The summed E-state index contributed by atoms with van der Waals surface area (Å²) in [4.78, 5) is 4.48. The maximum Gasteiger partial charge on any atom is 0.226 e. The van der Waals surface area contributed by atoms with Crippen LogP contribution in [0.2, 0.25) is 0 Å². The predicted octanol–water partition coefficient (Wildman–Crippen LogP) is 3.27. The summed E-state index contributed by atoms with van der Waals surface area (Å²) >= 11 is 0. The zero-order chi connectivity index (χ0) is 13.6. The fraction of sp³-hybridized carbons (Fsp3) is 0.188. The van der Waals surface area contributed by atoms with E-state index in [4.69, 9.17) is 8.83 Å². The fourth-order valence-electron chi connectivity index (χ4n) is 1.98. The number of oxazole rings is 1. The summed E-state index contributed by atoms with van der Waals surface area (Å²) in [5.41, 5.74) is 1.96. The Morgan fingerprint density at radius 3 is 2.70 bits per heavy atom. The Labute approximate surface area is 117 Å². The monoisotopic (exact) mass is 268 g/mol. The molecule has 20 heavy (non-hydrogen) atoms. The van der Waals surface area contributed by atoms with E-state index in [-0.39, 0.29) is 0 Å². The van der Waals surface area contributed by atoms with Crippen molar-refractivity contribution in [2.75, 3.05) is 6.54 Å². The second-order valence-corrected chi connectivity index (χ2v) is 4.52. The molecule has 1 aromatic carbocycles. The minimum absolute atomic E-state index is 0.673. The van der Waals surface area contributed by atoms with Crippen molar-refractivity contribution in [1.82, 2.24) is 10.3 Å². The lowest BCUT2D eigenvalue weighted by Crippen LogP contribution is -2.16. The molecule has 0 aliphatic heterocycles. The first-order chi connectivity index (χ1) is 9.92. The second-order valence-electron chi connectivity index (χ2n) is 4.52. The van der Waals surface area contributed by atoms with Crippen LogP contribution in [0.1, 0.15) is 11.5 Å². The average Bonchev–Trinajstić information content (AvgIpc) is 3.16. The number of rotatable bonds is 6. The Hall–Kier alpha value is -2.33. The van der Waals surface area contributed by atoms with Crippen LogP contribution in [0, 0.1) is 0 Å². The van der Waals surface area contributed by atoms with Crippen molar-refractivity contribution in [3.8, 4) is 11.5 Å². The Kier molecular flexibility index (Phi) is 3.94. The van der Waals surface area contributed by atoms with Crippen LogP contribution < -0.4 is 5.32 Å². The topological polar surface area (TPSA) is 51.2 Å². The zero-order valence-corrected chi connectivity index (χ0v) is 11.1. The van der Waals surface area contributed by atoms with Crippen LogP contribution in [0.15, 0.2) is 63.8 Å². The van der Waals surface area contributed by atoms with Crippen LogP contribution in [-0.2, 0) is 13.0 Å². The van der Waals surface area contributed by atoms with Crippen LogP contribution in [0.5, 0.6) is 0 Å². The molecule has 3 rings (SSSR count). The smallest absolute Gasteiger partial charge is 0.226 e. The second kappa shape index (κ2) is 6.21. The molecular formula is C16H16N2O2. The summed E-state index contributed by atoms with van der Waals surface area (Å²) in [6.07, 6.45) is 4.23. The highest BCUT2D eigenvalue weighted by Gasteiger charge is 2.05. The highest BCUT2D eigenvalue weighted by Crippen LogP contribution is 2.17. The van der Waals surface area contributed by atoms with E-state index in [0.29, 0.717) is 5.89 Å². The van der Waals surface area contributed by atoms with Gasteiger partial charge in [-0.3, -0.25) is 0 Å². The zero-order valence-electron chi connectivity index (χ0n) is 11.1. The standard InChI is InChI=1S/C16H16N2O2/c1-2-5-13(6-3-1)16-18-14(12-20-16)8-9-17-11-15-7-4-10-19-15/h1-7,10,12,17H,8-9,11H2. The van der Waals surface area contributed by atoms with Crippen molar-refractivity contribution >= 4 is 0 Å². The summed E-state index contributed by atoms with van der Waals surface area (Å²) in [6.45, 7) is 1.57. The van der Waals surface area contributed by atoms with Gasteiger partial charge in [-0.2, -0.15) is 0 Å². The minimum atomic E-state index is 0.673. The highest BCUT2D eigenvalue weighted by molar-refractivity contribution is 5.52. The largest absolute Gasteiger partial charge is 0.468 e. The number of benzene rings is 1. The van der Waals surface area contributed by atoms with E-state index in [1.54, 1.807) is 12.5 Å². The van der Waals surface area contributed by atoms with Crippen molar-refractivity contribution in [3.05, 3.63) is 66.4 Å². The molecule has 0 bridgehead atoms. The Bertz CT molecular complexity index is 630. The number of hydrogen-bond donors (Lipinski definition) is 1. The lowest BCUT2D eigenvalue weighted by Gasteiger charge is -1.99. The first kappa shape index (κ1) is 12.7. The van der Waals surface area contributed by atoms with Crippen molar-refractivity contribution < 1.29 is 8.83 Å².